The average Bonchev–Trinajstić information content (AvgIpc) is 2.41. The number of nitrogens with zero attached hydrogens (tertiary/aromatic N) is 1. The first-order valence-corrected chi connectivity index (χ1v) is 6.91. The van der Waals surface area contributed by atoms with Crippen LogP contribution in [0.1, 0.15) is 38.2 Å². The summed E-state index contributed by atoms with van der Waals surface area (Å²) in [5.74, 6) is 0.472. The SMILES string of the molecule is CCCCCCN=C(N)Nc1ccccc1COC. The van der Waals surface area contributed by atoms with E-state index in [0.29, 0.717) is 12.6 Å². The van der Waals surface area contributed by atoms with E-state index in [1.54, 1.807) is 7.11 Å². The molecular formula is C15H25N3O. The second-order valence-corrected chi connectivity index (χ2v) is 4.54. The van der Waals surface area contributed by atoms with Gasteiger partial charge in [0.25, 0.3) is 0 Å². The Labute approximate surface area is 116 Å². The highest BCUT2D eigenvalue weighted by Crippen LogP contribution is 2.15. The van der Waals surface area contributed by atoms with Gasteiger partial charge in [0, 0.05) is 24.9 Å². The molecule has 0 amide bonds. The van der Waals surface area contributed by atoms with Gasteiger partial charge in [-0.1, -0.05) is 44.4 Å². The number of aliphatic imine (C=N–C) groups is 1. The predicted molar refractivity (Wildman–Crippen MR) is 81.4 cm³/mol. The Balaban J connectivity index is 2.46. The van der Waals surface area contributed by atoms with Crippen LogP contribution < -0.4 is 11.1 Å². The first-order valence-electron chi connectivity index (χ1n) is 6.91. The molecule has 0 aromatic heterocycles. The molecule has 0 unspecified atom stereocenters. The summed E-state index contributed by atoms with van der Waals surface area (Å²) in [6.45, 7) is 3.55. The minimum Gasteiger partial charge on any atom is -0.380 e. The van der Waals surface area contributed by atoms with Gasteiger partial charge in [-0.25, -0.2) is 0 Å². The Morgan fingerprint density at radius 2 is 2.05 bits per heavy atom. The van der Waals surface area contributed by atoms with E-state index < -0.39 is 0 Å². The first kappa shape index (κ1) is 15.5. The van der Waals surface area contributed by atoms with Crippen molar-refractivity contribution in [2.45, 2.75) is 39.2 Å². The number of ether oxygens (including phenoxy) is 1. The van der Waals surface area contributed by atoms with E-state index in [1.165, 1.54) is 19.3 Å². The molecule has 106 valence electrons. The number of guanidine groups is 1. The molecule has 0 aliphatic rings. The number of hydrogen-bond acceptors (Lipinski definition) is 2. The van der Waals surface area contributed by atoms with Crippen LogP contribution >= 0.6 is 0 Å². The molecule has 3 N–H and O–H groups in total. The normalized spacial score (nSPS) is 11.6. The molecule has 0 aliphatic carbocycles. The molecule has 0 aliphatic heterocycles. The molecule has 1 aromatic carbocycles. The van der Waals surface area contributed by atoms with Crippen LogP contribution in [0.2, 0.25) is 0 Å². The lowest BCUT2D eigenvalue weighted by Crippen LogP contribution is -2.23. The Hall–Kier alpha value is -1.55. The van der Waals surface area contributed by atoms with Gasteiger partial charge in [-0.2, -0.15) is 0 Å². The molecular weight excluding hydrogens is 238 g/mol. The smallest absolute Gasteiger partial charge is 0.193 e. The lowest BCUT2D eigenvalue weighted by molar-refractivity contribution is 0.185. The van der Waals surface area contributed by atoms with Crippen molar-refractivity contribution in [1.82, 2.24) is 0 Å². The fourth-order valence-corrected chi connectivity index (χ4v) is 1.84. The highest BCUT2D eigenvalue weighted by molar-refractivity contribution is 5.92. The van der Waals surface area contributed by atoms with Gasteiger partial charge in [-0.15, -0.1) is 0 Å². The van der Waals surface area contributed by atoms with Crippen LogP contribution in [0.3, 0.4) is 0 Å². The highest BCUT2D eigenvalue weighted by Gasteiger charge is 2.01. The predicted octanol–water partition coefficient (Wildman–Crippen LogP) is 3.14. The van der Waals surface area contributed by atoms with Crippen molar-refractivity contribution in [1.29, 1.82) is 0 Å². The molecule has 0 spiro atoms. The second kappa shape index (κ2) is 9.39. The fraction of sp³-hybridized carbons (Fsp3) is 0.533. The number of nitrogens with two attached hydrogens (primary N) is 1. The van der Waals surface area contributed by atoms with E-state index >= 15 is 0 Å². The van der Waals surface area contributed by atoms with Crippen molar-refractivity contribution >= 4 is 11.6 Å². The summed E-state index contributed by atoms with van der Waals surface area (Å²) in [5, 5.41) is 3.13. The first-order chi connectivity index (χ1) is 9.27. The van der Waals surface area contributed by atoms with Gasteiger partial charge in [0.1, 0.15) is 0 Å². The molecule has 0 atom stereocenters. The van der Waals surface area contributed by atoms with Crippen LogP contribution in [-0.4, -0.2) is 19.6 Å². The summed E-state index contributed by atoms with van der Waals surface area (Å²) in [7, 11) is 1.68. The van der Waals surface area contributed by atoms with Crippen LogP contribution in [-0.2, 0) is 11.3 Å². The molecule has 19 heavy (non-hydrogen) atoms. The van der Waals surface area contributed by atoms with Gasteiger partial charge in [0.15, 0.2) is 5.96 Å². The Morgan fingerprint density at radius 1 is 1.26 bits per heavy atom. The van der Waals surface area contributed by atoms with E-state index in [-0.39, 0.29) is 0 Å². The third-order valence-electron chi connectivity index (χ3n) is 2.87. The van der Waals surface area contributed by atoms with Gasteiger partial charge < -0.3 is 15.8 Å². The molecule has 4 nitrogen and oxygen atoms in total. The van der Waals surface area contributed by atoms with Crippen molar-refractivity contribution in [2.75, 3.05) is 19.0 Å². The molecule has 0 bridgehead atoms. The lowest BCUT2D eigenvalue weighted by atomic mass is 10.2. The van der Waals surface area contributed by atoms with Crippen molar-refractivity contribution in [3.8, 4) is 0 Å². The maximum atomic E-state index is 5.88. The number of benzene rings is 1. The number of rotatable bonds is 8. The summed E-state index contributed by atoms with van der Waals surface area (Å²) in [6.07, 6.45) is 4.81. The van der Waals surface area contributed by atoms with Gasteiger partial charge in [0.2, 0.25) is 0 Å². The average molecular weight is 263 g/mol. The van der Waals surface area contributed by atoms with E-state index in [0.717, 1.165) is 24.2 Å². The molecule has 1 aromatic rings. The second-order valence-electron chi connectivity index (χ2n) is 4.54. The Bertz CT molecular complexity index is 391. The summed E-state index contributed by atoms with van der Waals surface area (Å²) in [5.41, 5.74) is 7.92. The summed E-state index contributed by atoms with van der Waals surface area (Å²) in [6, 6.07) is 7.95. The van der Waals surface area contributed by atoms with Crippen molar-refractivity contribution in [3.05, 3.63) is 29.8 Å². The maximum Gasteiger partial charge on any atom is 0.193 e. The van der Waals surface area contributed by atoms with E-state index in [1.807, 2.05) is 24.3 Å². The van der Waals surface area contributed by atoms with E-state index in [9.17, 15) is 0 Å². The number of anilines is 1. The Kier molecular flexibility index (Phi) is 7.66. The lowest BCUT2D eigenvalue weighted by Gasteiger charge is -2.10. The number of unbranched alkanes of at least 4 members (excludes halogenated alkanes) is 3. The highest BCUT2D eigenvalue weighted by atomic mass is 16.5. The van der Waals surface area contributed by atoms with Crippen molar-refractivity contribution < 1.29 is 4.74 Å². The number of nitrogens with one attached hydrogen (secondary N) is 1. The topological polar surface area (TPSA) is 59.6 Å². The van der Waals surface area contributed by atoms with Crippen molar-refractivity contribution in [2.24, 2.45) is 10.7 Å². The largest absolute Gasteiger partial charge is 0.380 e. The molecule has 4 heteroatoms. The minimum absolute atomic E-state index is 0.472. The monoisotopic (exact) mass is 263 g/mol. The standard InChI is InChI=1S/C15H25N3O/c1-3-4-5-8-11-17-15(16)18-14-10-7-6-9-13(14)12-19-2/h6-7,9-10H,3-5,8,11-12H2,1-2H3,(H3,16,17,18). The van der Waals surface area contributed by atoms with Crippen molar-refractivity contribution in [3.63, 3.8) is 0 Å². The van der Waals surface area contributed by atoms with Gasteiger partial charge >= 0.3 is 0 Å². The van der Waals surface area contributed by atoms with Gasteiger partial charge in [-0.05, 0) is 12.5 Å². The Morgan fingerprint density at radius 3 is 2.79 bits per heavy atom. The summed E-state index contributed by atoms with van der Waals surface area (Å²) in [4.78, 5) is 4.33. The fourth-order valence-electron chi connectivity index (χ4n) is 1.84. The number of para-hydroxylation sites is 1. The minimum atomic E-state index is 0.472. The third kappa shape index (κ3) is 6.25. The molecule has 1 rings (SSSR count). The molecule has 0 saturated carbocycles. The zero-order valence-corrected chi connectivity index (χ0v) is 12.0. The van der Waals surface area contributed by atoms with Crippen LogP contribution in [0, 0.1) is 0 Å². The summed E-state index contributed by atoms with van der Waals surface area (Å²) < 4.78 is 5.15. The zero-order valence-electron chi connectivity index (χ0n) is 12.0. The molecule has 0 heterocycles. The number of hydrogen-bond donors (Lipinski definition) is 2. The molecule has 0 saturated heterocycles. The van der Waals surface area contributed by atoms with E-state index in [2.05, 4.69) is 17.2 Å². The third-order valence-corrected chi connectivity index (χ3v) is 2.87. The van der Waals surface area contributed by atoms with Gasteiger partial charge in [-0.3, -0.25) is 4.99 Å². The van der Waals surface area contributed by atoms with Crippen LogP contribution in [0.15, 0.2) is 29.3 Å². The van der Waals surface area contributed by atoms with Crippen LogP contribution in [0.4, 0.5) is 5.69 Å². The van der Waals surface area contributed by atoms with Gasteiger partial charge in [0.05, 0.1) is 6.61 Å². The van der Waals surface area contributed by atoms with Crippen LogP contribution in [0.5, 0.6) is 0 Å². The maximum absolute atomic E-state index is 5.88. The summed E-state index contributed by atoms with van der Waals surface area (Å²) >= 11 is 0. The van der Waals surface area contributed by atoms with Crippen LogP contribution in [0.25, 0.3) is 0 Å². The van der Waals surface area contributed by atoms with E-state index in [4.69, 9.17) is 10.5 Å². The quantitative estimate of drug-likeness (QED) is 0.430. The molecule has 0 radical (unpaired) electrons. The zero-order chi connectivity index (χ0) is 13.9. The molecule has 0 fully saturated rings. The number of methoxy groups -OCH3 is 1.